The molecule has 32 heavy (non-hydrogen) atoms. The maximum Gasteiger partial charge on any atom is 0.259 e. The predicted octanol–water partition coefficient (Wildman–Crippen LogP) is 2.57. The molecule has 2 fully saturated rings. The summed E-state index contributed by atoms with van der Waals surface area (Å²) in [6.45, 7) is 0.147. The van der Waals surface area contributed by atoms with Crippen LogP contribution in [0.25, 0.3) is 16.9 Å². The van der Waals surface area contributed by atoms with Crippen molar-refractivity contribution in [1.82, 2.24) is 20.0 Å². The Morgan fingerprint density at radius 1 is 1.38 bits per heavy atom. The van der Waals surface area contributed by atoms with E-state index in [1.54, 1.807) is 18.3 Å². The molecule has 8 nitrogen and oxygen atoms in total. The smallest absolute Gasteiger partial charge is 0.259 e. The van der Waals surface area contributed by atoms with Crippen LogP contribution in [0.15, 0.2) is 36.7 Å². The Morgan fingerprint density at radius 2 is 2.16 bits per heavy atom. The van der Waals surface area contributed by atoms with Crippen molar-refractivity contribution >= 4 is 11.6 Å². The van der Waals surface area contributed by atoms with Crippen LogP contribution in [-0.4, -0.2) is 48.4 Å². The number of fused-ring (bicyclic) bond motifs is 1. The number of nitrogens with one attached hydrogen (secondary N) is 2. The number of methoxy groups -OCH3 is 1. The number of hydrogen-bond acceptors (Lipinski definition) is 6. The first-order valence-corrected chi connectivity index (χ1v) is 10.4. The number of alkyl halides is 1. The molecule has 1 aliphatic heterocycles. The van der Waals surface area contributed by atoms with E-state index in [2.05, 4.69) is 21.7 Å². The maximum absolute atomic E-state index is 13.1. The Hall–Kier alpha value is -3.64. The fourth-order valence-corrected chi connectivity index (χ4v) is 4.00. The van der Waals surface area contributed by atoms with Gasteiger partial charge in [-0.25, -0.2) is 9.37 Å². The lowest BCUT2D eigenvalue weighted by atomic mass is 9.77. The maximum atomic E-state index is 13.1. The van der Waals surface area contributed by atoms with Crippen LogP contribution in [0.1, 0.15) is 28.8 Å². The largest absolute Gasteiger partial charge is 0.496 e. The van der Waals surface area contributed by atoms with Gasteiger partial charge in [-0.3, -0.25) is 9.20 Å². The second kappa shape index (κ2) is 7.80. The number of carbonyl (C=O) groups is 1. The molecule has 0 spiro atoms. The van der Waals surface area contributed by atoms with Gasteiger partial charge in [0.05, 0.1) is 25.1 Å². The summed E-state index contributed by atoms with van der Waals surface area (Å²) in [4.78, 5) is 17.2. The second-order valence-corrected chi connectivity index (χ2v) is 8.14. The topological polar surface area (TPSA) is 101 Å². The van der Waals surface area contributed by atoms with E-state index in [0.29, 0.717) is 30.0 Å². The average Bonchev–Trinajstić information content (AvgIpc) is 3.48. The van der Waals surface area contributed by atoms with Crippen LogP contribution < -0.4 is 20.1 Å². The van der Waals surface area contributed by atoms with Crippen molar-refractivity contribution in [2.24, 2.45) is 0 Å². The molecule has 5 rings (SSSR count). The number of hydrogen-bond donors (Lipinski definition) is 2. The van der Waals surface area contributed by atoms with E-state index in [1.165, 1.54) is 7.11 Å². The monoisotopic (exact) mass is 435 g/mol. The molecular formula is C23H22FN5O3. The number of carbonyl (C=O) groups excluding carboxylic acids is 1. The van der Waals surface area contributed by atoms with Crippen LogP contribution in [0.2, 0.25) is 0 Å². The third kappa shape index (κ3) is 3.33. The number of nitriles is 1. The van der Waals surface area contributed by atoms with Crippen molar-refractivity contribution in [3.8, 4) is 28.8 Å². The number of aromatic nitrogens is 2. The molecule has 1 aliphatic carbocycles. The molecule has 0 unspecified atom stereocenters. The summed E-state index contributed by atoms with van der Waals surface area (Å²) in [7, 11) is 1.46. The molecule has 164 valence electrons. The second-order valence-electron chi connectivity index (χ2n) is 8.14. The van der Waals surface area contributed by atoms with Crippen LogP contribution in [0, 0.1) is 11.3 Å². The fourth-order valence-electron chi connectivity index (χ4n) is 4.00. The van der Waals surface area contributed by atoms with E-state index in [-0.39, 0.29) is 23.3 Å². The number of pyridine rings is 1. The quantitative estimate of drug-likeness (QED) is 0.592. The fraction of sp³-hybridized carbons (Fsp3) is 0.348. The first-order chi connectivity index (χ1) is 15.6. The van der Waals surface area contributed by atoms with Gasteiger partial charge in [-0.1, -0.05) is 0 Å². The Balaban J connectivity index is 1.57. The number of benzene rings is 1. The van der Waals surface area contributed by atoms with Crippen LogP contribution in [0.4, 0.5) is 4.39 Å². The molecule has 2 aliphatic rings. The molecule has 1 amide bonds. The molecule has 0 radical (unpaired) electrons. The lowest BCUT2D eigenvalue weighted by molar-refractivity contribution is 0.0940. The van der Waals surface area contributed by atoms with Gasteiger partial charge < -0.3 is 20.1 Å². The minimum atomic E-state index is -1.07. The van der Waals surface area contributed by atoms with Gasteiger partial charge in [0.2, 0.25) is 6.86 Å². The van der Waals surface area contributed by atoms with E-state index in [4.69, 9.17) is 9.47 Å². The molecule has 9 heteroatoms. The Morgan fingerprint density at radius 3 is 2.78 bits per heavy atom. The number of ether oxygens (including phenoxy) is 2. The molecule has 1 saturated carbocycles. The van der Waals surface area contributed by atoms with Gasteiger partial charge in [0.15, 0.2) is 0 Å². The summed E-state index contributed by atoms with van der Waals surface area (Å²) in [6, 6.07) is 9.69. The van der Waals surface area contributed by atoms with Gasteiger partial charge in [0, 0.05) is 30.9 Å². The number of halogens is 1. The number of rotatable bonds is 7. The van der Waals surface area contributed by atoms with Crippen LogP contribution in [0.5, 0.6) is 11.5 Å². The van der Waals surface area contributed by atoms with Gasteiger partial charge >= 0.3 is 0 Å². The Labute approximate surface area is 184 Å². The van der Waals surface area contributed by atoms with Crippen molar-refractivity contribution in [3.63, 3.8) is 0 Å². The van der Waals surface area contributed by atoms with Crippen molar-refractivity contribution in [1.29, 1.82) is 5.26 Å². The van der Waals surface area contributed by atoms with E-state index >= 15 is 0 Å². The van der Waals surface area contributed by atoms with Crippen molar-refractivity contribution in [2.45, 2.75) is 24.3 Å². The summed E-state index contributed by atoms with van der Waals surface area (Å²) >= 11 is 0. The lowest BCUT2D eigenvalue weighted by Crippen LogP contribution is -2.55. The van der Waals surface area contributed by atoms with E-state index < -0.39 is 12.3 Å². The lowest BCUT2D eigenvalue weighted by Gasteiger charge is -2.36. The summed E-state index contributed by atoms with van der Waals surface area (Å²) in [5.41, 5.74) is 2.62. The first kappa shape index (κ1) is 20.3. The van der Waals surface area contributed by atoms with Gasteiger partial charge in [-0.2, -0.15) is 5.26 Å². The molecule has 3 heterocycles. The normalized spacial score (nSPS) is 16.8. The van der Waals surface area contributed by atoms with Crippen LogP contribution in [0.3, 0.4) is 0 Å². The molecule has 1 aromatic carbocycles. The predicted molar refractivity (Wildman–Crippen MR) is 114 cm³/mol. The van der Waals surface area contributed by atoms with Gasteiger partial charge in [0.1, 0.15) is 28.1 Å². The highest BCUT2D eigenvalue weighted by Gasteiger charge is 2.39. The van der Waals surface area contributed by atoms with Gasteiger partial charge in [0.25, 0.3) is 5.91 Å². The summed E-state index contributed by atoms with van der Waals surface area (Å²) in [6.07, 6.45) is 5.41. The standard InChI is InChI=1S/C23H22FN5O3/c1-31-18-6-14(7-19(32-13-24)21(18)22(30)28-16-2-3-16)17-9-27-20-8-15(4-5-29(17)20)23(10-25)11-26-12-23/h4-9,16,26H,2-3,11-13H2,1H3,(H,28,30). The molecule has 3 aromatic rings. The first-order valence-electron chi connectivity index (χ1n) is 10.4. The summed E-state index contributed by atoms with van der Waals surface area (Å²) < 4.78 is 25.7. The van der Waals surface area contributed by atoms with Gasteiger partial charge in [-0.05, 0) is 42.7 Å². The number of nitrogens with zero attached hydrogens (tertiary/aromatic N) is 3. The third-order valence-electron chi connectivity index (χ3n) is 6.06. The molecular weight excluding hydrogens is 413 g/mol. The number of imidazole rings is 1. The van der Waals surface area contributed by atoms with Crippen LogP contribution in [-0.2, 0) is 5.41 Å². The van der Waals surface area contributed by atoms with Crippen molar-refractivity contribution in [2.75, 3.05) is 27.1 Å². The summed E-state index contributed by atoms with van der Waals surface area (Å²) in [5, 5.41) is 15.6. The minimum Gasteiger partial charge on any atom is -0.496 e. The zero-order valence-corrected chi connectivity index (χ0v) is 17.5. The van der Waals surface area contributed by atoms with Crippen molar-refractivity contribution in [3.05, 3.63) is 47.8 Å². The SMILES string of the molecule is COc1cc(-c2cnc3cc(C4(C#N)CNC4)ccn23)cc(OCF)c1C(=O)NC1CC1. The zero-order chi connectivity index (χ0) is 22.3. The van der Waals surface area contributed by atoms with E-state index in [0.717, 1.165) is 24.1 Å². The zero-order valence-electron chi connectivity index (χ0n) is 17.5. The average molecular weight is 435 g/mol. The van der Waals surface area contributed by atoms with E-state index in [9.17, 15) is 14.4 Å². The van der Waals surface area contributed by atoms with Crippen molar-refractivity contribution < 1.29 is 18.7 Å². The Kier molecular flexibility index (Phi) is 4.94. The minimum absolute atomic E-state index is 0.107. The molecule has 1 saturated heterocycles. The highest BCUT2D eigenvalue weighted by molar-refractivity contribution is 6.01. The highest BCUT2D eigenvalue weighted by atomic mass is 19.1. The van der Waals surface area contributed by atoms with E-state index in [1.807, 2.05) is 22.7 Å². The molecule has 0 bridgehead atoms. The molecule has 2 N–H and O–H groups in total. The number of amides is 1. The highest BCUT2D eigenvalue weighted by Crippen LogP contribution is 2.37. The summed E-state index contributed by atoms with van der Waals surface area (Å²) in [5.74, 6) is 0.0493. The third-order valence-corrected chi connectivity index (χ3v) is 6.06. The Bertz CT molecular complexity index is 1240. The molecule has 2 aromatic heterocycles. The van der Waals surface area contributed by atoms with Gasteiger partial charge in [-0.15, -0.1) is 0 Å². The molecule has 0 atom stereocenters. The van der Waals surface area contributed by atoms with Crippen LogP contribution >= 0.6 is 0 Å².